The van der Waals surface area contributed by atoms with Gasteiger partial charge >= 0.3 is 5.97 Å². The van der Waals surface area contributed by atoms with Gasteiger partial charge in [-0.1, -0.05) is 6.07 Å². The molecule has 0 amide bonds. The minimum Gasteiger partial charge on any atom is -0.484 e. The second kappa shape index (κ2) is 13.8. The fourth-order valence-corrected chi connectivity index (χ4v) is 6.08. The number of rotatable bonds is 12. The summed E-state index contributed by atoms with van der Waals surface area (Å²) in [5.74, 6) is -1.27. The smallest absolute Gasteiger partial charge is 0.328 e. The summed E-state index contributed by atoms with van der Waals surface area (Å²) < 4.78 is 42.5. The molecular formula is C36H34F2N6O4. The highest BCUT2D eigenvalue weighted by atomic mass is 19.1. The number of likely N-dealkylation sites (tertiary alicyclic amines) is 1. The van der Waals surface area contributed by atoms with Crippen LogP contribution in [0, 0.1) is 39.7 Å². The van der Waals surface area contributed by atoms with Gasteiger partial charge in [0.25, 0.3) is 0 Å². The molecule has 3 heterocycles. The first-order valence-electron chi connectivity index (χ1n) is 15.8. The van der Waals surface area contributed by atoms with E-state index in [1.54, 1.807) is 6.92 Å². The quantitative estimate of drug-likeness (QED) is 0.173. The third-order valence-electron chi connectivity index (χ3n) is 9.03. The van der Waals surface area contributed by atoms with E-state index in [4.69, 9.17) is 19.7 Å². The molecule has 246 valence electrons. The van der Waals surface area contributed by atoms with Crippen LogP contribution in [0.3, 0.4) is 0 Å². The summed E-state index contributed by atoms with van der Waals surface area (Å²) in [6.07, 6.45) is 4.92. The zero-order valence-electron chi connectivity index (χ0n) is 26.5. The number of hydrogen-bond donors (Lipinski definition) is 1. The molecule has 0 spiro atoms. The van der Waals surface area contributed by atoms with Crippen LogP contribution in [0.2, 0.25) is 0 Å². The van der Waals surface area contributed by atoms with Crippen LogP contribution in [0.25, 0.3) is 16.6 Å². The van der Waals surface area contributed by atoms with E-state index >= 15 is 0 Å². The normalized spacial score (nSPS) is 16.3. The van der Waals surface area contributed by atoms with Gasteiger partial charge in [-0.15, -0.1) is 0 Å². The van der Waals surface area contributed by atoms with Crippen LogP contribution in [0.5, 0.6) is 11.6 Å². The number of pyridine rings is 1. The Morgan fingerprint density at radius 3 is 2.56 bits per heavy atom. The van der Waals surface area contributed by atoms with E-state index < -0.39 is 17.6 Å². The number of carbonyl (C=O) groups is 1. The number of nitriles is 2. The van der Waals surface area contributed by atoms with Crippen molar-refractivity contribution < 1.29 is 28.2 Å². The molecular weight excluding hydrogens is 618 g/mol. The van der Waals surface area contributed by atoms with Gasteiger partial charge in [-0.2, -0.15) is 10.5 Å². The van der Waals surface area contributed by atoms with Crippen molar-refractivity contribution in [1.82, 2.24) is 19.4 Å². The summed E-state index contributed by atoms with van der Waals surface area (Å²) >= 11 is 0. The Labute approximate surface area is 276 Å². The highest BCUT2D eigenvalue weighted by Gasteiger charge is 2.43. The van der Waals surface area contributed by atoms with Gasteiger partial charge in [0.05, 0.1) is 35.3 Å². The van der Waals surface area contributed by atoms with Crippen molar-refractivity contribution in [3.63, 3.8) is 0 Å². The number of aromatic nitrogens is 3. The molecule has 2 aromatic carbocycles. The van der Waals surface area contributed by atoms with E-state index in [-0.39, 0.29) is 41.0 Å². The fourth-order valence-electron chi connectivity index (χ4n) is 6.08. The van der Waals surface area contributed by atoms with Crippen LogP contribution in [0.4, 0.5) is 8.78 Å². The molecule has 2 aromatic heterocycles. The van der Waals surface area contributed by atoms with Gasteiger partial charge in [-0.05, 0) is 80.1 Å². The largest absolute Gasteiger partial charge is 0.484 e. The Balaban J connectivity index is 1.11. The number of piperidine rings is 1. The number of benzene rings is 2. The Morgan fingerprint density at radius 1 is 1.08 bits per heavy atom. The molecule has 0 radical (unpaired) electrons. The van der Waals surface area contributed by atoms with Crippen LogP contribution in [-0.2, 0) is 24.5 Å². The Kier molecular flexibility index (Phi) is 9.37. The summed E-state index contributed by atoms with van der Waals surface area (Å²) in [6, 6.07) is 16.5. The summed E-state index contributed by atoms with van der Waals surface area (Å²) in [7, 11) is 0. The average Bonchev–Trinajstić information content (AvgIpc) is 3.75. The first kappa shape index (κ1) is 32.6. The van der Waals surface area contributed by atoms with Crippen LogP contribution in [0.15, 0.2) is 54.6 Å². The van der Waals surface area contributed by atoms with Crippen LogP contribution >= 0.6 is 0 Å². The predicted octanol–water partition coefficient (Wildman–Crippen LogP) is 6.39. The van der Waals surface area contributed by atoms with Crippen molar-refractivity contribution in [3.05, 3.63) is 88.9 Å². The van der Waals surface area contributed by atoms with E-state index in [0.717, 1.165) is 54.4 Å². The lowest BCUT2D eigenvalue weighted by atomic mass is 10.0. The number of halogens is 2. The van der Waals surface area contributed by atoms with E-state index in [2.05, 4.69) is 20.5 Å². The first-order valence-corrected chi connectivity index (χ1v) is 15.8. The average molecular weight is 653 g/mol. The SMILES string of the molecule is C/C(=C\C(=O)O)c1ccc2nc(CN3CCC(Oc4ccc(F)c(COc5ccc(C#N)cc5F)n4)CC3)n(CC3(CC#N)CC3)c2c1. The van der Waals surface area contributed by atoms with Gasteiger partial charge in [0.2, 0.25) is 5.88 Å². The molecule has 6 rings (SSSR count). The van der Waals surface area contributed by atoms with Gasteiger partial charge in [0.1, 0.15) is 30.0 Å². The topological polar surface area (TPSA) is 137 Å². The minimum atomic E-state index is -0.999. The minimum absolute atomic E-state index is 0.0192. The lowest BCUT2D eigenvalue weighted by molar-refractivity contribution is -0.131. The van der Waals surface area contributed by atoms with Crippen molar-refractivity contribution in [2.24, 2.45) is 5.41 Å². The van der Waals surface area contributed by atoms with E-state index in [0.29, 0.717) is 37.9 Å². The van der Waals surface area contributed by atoms with Gasteiger partial charge in [0, 0.05) is 43.6 Å². The monoisotopic (exact) mass is 652 g/mol. The maximum absolute atomic E-state index is 14.5. The molecule has 1 saturated carbocycles. The third kappa shape index (κ3) is 7.45. The Bertz CT molecular complexity index is 1970. The van der Waals surface area contributed by atoms with Crippen molar-refractivity contribution >= 4 is 22.6 Å². The molecule has 1 N–H and O–H groups in total. The number of carboxylic acid groups (broad SMARTS) is 1. The van der Waals surface area contributed by atoms with Crippen LogP contribution in [-0.4, -0.2) is 49.7 Å². The third-order valence-corrected chi connectivity index (χ3v) is 9.03. The van der Waals surface area contributed by atoms with Crippen LogP contribution in [0.1, 0.15) is 61.7 Å². The fraction of sp³-hybridized carbons (Fsp3) is 0.361. The van der Waals surface area contributed by atoms with Crippen molar-refractivity contribution in [3.8, 4) is 23.8 Å². The van der Waals surface area contributed by atoms with E-state index in [1.165, 1.54) is 30.3 Å². The lowest BCUT2D eigenvalue weighted by Crippen LogP contribution is -2.38. The molecule has 10 nitrogen and oxygen atoms in total. The predicted molar refractivity (Wildman–Crippen MR) is 171 cm³/mol. The maximum Gasteiger partial charge on any atom is 0.328 e. The molecule has 0 unspecified atom stereocenters. The van der Waals surface area contributed by atoms with Crippen molar-refractivity contribution in [1.29, 1.82) is 10.5 Å². The lowest BCUT2D eigenvalue weighted by Gasteiger charge is -2.32. The number of fused-ring (bicyclic) bond motifs is 1. The van der Waals surface area contributed by atoms with Gasteiger partial charge < -0.3 is 19.1 Å². The highest BCUT2D eigenvalue weighted by molar-refractivity contribution is 5.91. The molecule has 2 fully saturated rings. The molecule has 1 aliphatic heterocycles. The number of carboxylic acids is 1. The van der Waals surface area contributed by atoms with Crippen LogP contribution < -0.4 is 9.47 Å². The molecule has 1 aliphatic carbocycles. The zero-order chi connectivity index (χ0) is 33.8. The Hall–Kier alpha value is -5.33. The summed E-state index contributed by atoms with van der Waals surface area (Å²) in [4.78, 5) is 22.8. The van der Waals surface area contributed by atoms with Crippen molar-refractivity contribution in [2.75, 3.05) is 13.1 Å². The van der Waals surface area contributed by atoms with E-state index in [9.17, 15) is 23.9 Å². The standard InChI is InChI=1S/C36H34F2N6O4/c1-23(16-35(45)46)25-3-5-29-31(18-25)44(22-36(10-11-36)12-13-39)33(41-29)20-43-14-8-26(9-15-43)48-34-7-4-27(37)30(42-34)21-47-32-6-2-24(19-40)17-28(32)38/h2-7,16-18,26H,8-12,14-15,20-22H2,1H3,(H,45,46)/b23-16+. The molecule has 0 atom stereocenters. The molecule has 0 bridgehead atoms. The first-order chi connectivity index (χ1) is 23.1. The molecule has 48 heavy (non-hydrogen) atoms. The number of nitrogens with zero attached hydrogens (tertiary/aromatic N) is 6. The van der Waals surface area contributed by atoms with Gasteiger partial charge in [0.15, 0.2) is 11.6 Å². The highest BCUT2D eigenvalue weighted by Crippen LogP contribution is 2.50. The number of imidazole rings is 1. The Morgan fingerprint density at radius 2 is 1.88 bits per heavy atom. The van der Waals surface area contributed by atoms with E-state index in [1.807, 2.05) is 24.3 Å². The summed E-state index contributed by atoms with van der Waals surface area (Å²) in [5, 5.41) is 27.6. The second-order valence-electron chi connectivity index (χ2n) is 12.5. The zero-order valence-corrected chi connectivity index (χ0v) is 26.5. The number of ether oxygens (including phenoxy) is 2. The molecule has 1 saturated heterocycles. The molecule has 12 heteroatoms. The summed E-state index contributed by atoms with van der Waals surface area (Å²) in [5.41, 5.74) is 3.28. The molecule has 4 aromatic rings. The second-order valence-corrected chi connectivity index (χ2v) is 12.5. The number of allylic oxidation sites excluding steroid dienone is 1. The number of hydrogen-bond acceptors (Lipinski definition) is 8. The van der Waals surface area contributed by atoms with Gasteiger partial charge in [-0.3, -0.25) is 4.90 Å². The van der Waals surface area contributed by atoms with Gasteiger partial charge in [-0.25, -0.2) is 23.5 Å². The molecule has 2 aliphatic rings. The van der Waals surface area contributed by atoms with Crippen molar-refractivity contribution in [2.45, 2.75) is 64.8 Å². The maximum atomic E-state index is 14.5. The summed E-state index contributed by atoms with van der Waals surface area (Å²) in [6.45, 7) is 4.21. The number of aliphatic carboxylic acids is 1.